The number of carbonyl (C=O) groups excluding carboxylic acids is 3. The van der Waals surface area contributed by atoms with Crippen LogP contribution >= 0.6 is 0 Å². The highest BCUT2D eigenvalue weighted by Gasteiger charge is 2.55. The Morgan fingerprint density at radius 2 is 1.73 bits per heavy atom. The lowest BCUT2D eigenvalue weighted by Crippen LogP contribution is -2.44. The minimum atomic E-state index is -0.681. The summed E-state index contributed by atoms with van der Waals surface area (Å²) in [6.45, 7) is 7.80. The maximum atomic E-state index is 13.4. The average molecular weight is 559 g/mol. The highest BCUT2D eigenvalue weighted by molar-refractivity contribution is 6.00. The third-order valence-corrected chi connectivity index (χ3v) is 8.88. The first-order valence-electron chi connectivity index (χ1n) is 14.6. The maximum Gasteiger partial charge on any atom is 0.419 e. The summed E-state index contributed by atoms with van der Waals surface area (Å²) < 4.78 is 17.8. The van der Waals surface area contributed by atoms with Crippen LogP contribution in [-0.4, -0.2) is 65.9 Å². The Bertz CT molecular complexity index is 1480. The Labute approximate surface area is 240 Å². The van der Waals surface area contributed by atoms with Crippen molar-refractivity contribution >= 4 is 28.9 Å². The number of hydrogen-bond acceptors (Lipinski definition) is 6. The molecule has 1 saturated carbocycles. The minimum Gasteiger partial charge on any atom is -0.465 e. The van der Waals surface area contributed by atoms with Crippen molar-refractivity contribution in [1.82, 2.24) is 9.47 Å². The number of rotatable bonds is 4. The van der Waals surface area contributed by atoms with Crippen molar-refractivity contribution in [1.29, 1.82) is 0 Å². The van der Waals surface area contributed by atoms with Crippen molar-refractivity contribution in [3.63, 3.8) is 0 Å². The van der Waals surface area contributed by atoms with Gasteiger partial charge in [0.05, 0.1) is 23.9 Å². The zero-order valence-corrected chi connectivity index (χ0v) is 24.3. The van der Waals surface area contributed by atoms with Gasteiger partial charge in [-0.25, -0.2) is 14.2 Å². The molecule has 1 spiro atoms. The number of aromatic nitrogens is 1. The number of piperidine rings is 1. The quantitative estimate of drug-likeness (QED) is 0.357. The molecule has 1 aromatic heterocycles. The number of nitrogens with zero attached hydrogens (tertiary/aromatic N) is 2. The summed E-state index contributed by atoms with van der Waals surface area (Å²) in [6, 6.07) is 15.6. The van der Waals surface area contributed by atoms with Crippen LogP contribution in [0.4, 0.5) is 4.79 Å². The van der Waals surface area contributed by atoms with Crippen molar-refractivity contribution in [2.24, 2.45) is 5.41 Å². The van der Waals surface area contributed by atoms with E-state index < -0.39 is 17.7 Å². The van der Waals surface area contributed by atoms with E-state index in [0.29, 0.717) is 29.3 Å². The Morgan fingerprint density at radius 3 is 2.37 bits per heavy atom. The third kappa shape index (κ3) is 5.25. The van der Waals surface area contributed by atoms with Crippen molar-refractivity contribution in [3.05, 3.63) is 59.7 Å². The lowest BCUT2D eigenvalue weighted by molar-refractivity contribution is -0.142. The van der Waals surface area contributed by atoms with E-state index in [1.54, 1.807) is 16.7 Å². The fourth-order valence-electron chi connectivity index (χ4n) is 6.57. The topological polar surface area (TPSA) is 87.1 Å². The van der Waals surface area contributed by atoms with Gasteiger partial charge in [-0.2, -0.15) is 0 Å². The van der Waals surface area contributed by atoms with Crippen molar-refractivity contribution in [2.75, 3.05) is 26.8 Å². The van der Waals surface area contributed by atoms with E-state index in [1.807, 2.05) is 37.8 Å². The van der Waals surface area contributed by atoms with Gasteiger partial charge in [0.2, 0.25) is 0 Å². The highest BCUT2D eigenvalue weighted by Crippen LogP contribution is 2.65. The lowest BCUT2D eigenvalue weighted by atomic mass is 9.88. The molecule has 0 N–H and O–H groups in total. The maximum absolute atomic E-state index is 13.4. The van der Waals surface area contributed by atoms with Gasteiger partial charge in [-0.1, -0.05) is 30.3 Å². The molecule has 1 aliphatic carbocycles. The van der Waals surface area contributed by atoms with Crippen LogP contribution in [0.1, 0.15) is 74.7 Å². The molecular formula is C33H38N2O6. The average Bonchev–Trinajstić information content (AvgIpc) is 3.30. The van der Waals surface area contributed by atoms with E-state index in [0.717, 1.165) is 56.1 Å². The second kappa shape index (κ2) is 10.3. The summed E-state index contributed by atoms with van der Waals surface area (Å²) in [5.41, 5.74) is 3.43. The van der Waals surface area contributed by atoms with Crippen LogP contribution in [0.3, 0.4) is 0 Å². The van der Waals surface area contributed by atoms with Gasteiger partial charge >= 0.3 is 12.1 Å². The van der Waals surface area contributed by atoms with Gasteiger partial charge in [-0.3, -0.25) is 4.79 Å². The molecule has 2 aliphatic heterocycles. The van der Waals surface area contributed by atoms with E-state index in [2.05, 4.69) is 24.3 Å². The first-order valence-corrected chi connectivity index (χ1v) is 14.6. The number of methoxy groups -OCH3 is 1. The fraction of sp³-hybridized carbons (Fsp3) is 0.485. The molecule has 2 saturated heterocycles. The van der Waals surface area contributed by atoms with Crippen LogP contribution in [0.15, 0.2) is 48.5 Å². The Kier molecular flexibility index (Phi) is 6.92. The number of esters is 1. The molecule has 3 fully saturated rings. The van der Waals surface area contributed by atoms with Crippen LogP contribution in [0.25, 0.3) is 22.2 Å². The predicted octanol–water partition coefficient (Wildman–Crippen LogP) is 6.15. The van der Waals surface area contributed by atoms with Crippen LogP contribution in [-0.2, 0) is 19.0 Å². The van der Waals surface area contributed by atoms with Gasteiger partial charge in [0, 0.05) is 25.1 Å². The largest absolute Gasteiger partial charge is 0.465 e. The Morgan fingerprint density at radius 1 is 1.00 bits per heavy atom. The zero-order chi connectivity index (χ0) is 28.9. The van der Waals surface area contributed by atoms with Crippen LogP contribution in [0, 0.1) is 5.41 Å². The van der Waals surface area contributed by atoms with Crippen LogP contribution in [0.2, 0.25) is 0 Å². The molecule has 3 aliphatic rings. The molecule has 2 atom stereocenters. The second-order valence-corrected chi connectivity index (χ2v) is 12.7. The van der Waals surface area contributed by atoms with Crippen LogP contribution in [0.5, 0.6) is 0 Å². The minimum absolute atomic E-state index is 0.165. The zero-order valence-electron chi connectivity index (χ0n) is 24.3. The molecule has 216 valence electrons. The van der Waals surface area contributed by atoms with E-state index >= 15 is 0 Å². The summed E-state index contributed by atoms with van der Waals surface area (Å²) in [7, 11) is 1.34. The lowest BCUT2D eigenvalue weighted by Gasteiger charge is -2.34. The molecule has 3 heterocycles. The number of amides is 1. The van der Waals surface area contributed by atoms with Gasteiger partial charge in [-0.15, -0.1) is 0 Å². The summed E-state index contributed by atoms with van der Waals surface area (Å²) in [5.74, 6) is 0.184. The van der Waals surface area contributed by atoms with Crippen molar-refractivity contribution in [3.8, 4) is 11.3 Å². The summed E-state index contributed by atoms with van der Waals surface area (Å²) in [6.07, 6.45) is 4.26. The van der Waals surface area contributed by atoms with Crippen molar-refractivity contribution in [2.45, 2.75) is 70.5 Å². The number of hydrogen-bond donors (Lipinski definition) is 0. The number of fused-ring (bicyclic) bond motifs is 1. The summed E-state index contributed by atoms with van der Waals surface area (Å²) in [5, 5.41) is 0.827. The Hall–Kier alpha value is -3.65. The van der Waals surface area contributed by atoms with Gasteiger partial charge < -0.3 is 19.1 Å². The number of carbonyl (C=O) groups is 3. The Balaban J connectivity index is 1.23. The molecule has 3 aromatic rings. The van der Waals surface area contributed by atoms with Crippen molar-refractivity contribution < 1.29 is 28.6 Å². The van der Waals surface area contributed by atoms with E-state index in [-0.39, 0.29) is 17.4 Å². The van der Waals surface area contributed by atoms with Gasteiger partial charge in [0.15, 0.2) is 0 Å². The standard InChI is InChI=1S/C33H38N2O6/c1-32(2,3)41-31(38)35-26(18-23-11-12-24(19-27(23)35)30(37)39-4)22-9-7-21(8-10-22)25-20-33(25)13-15-34(16-14-33)29(36)28-6-5-17-40-28/h7-12,18-19,25,28H,5-6,13-17,20H2,1-4H3. The molecule has 8 nitrogen and oxygen atoms in total. The van der Waals surface area contributed by atoms with Crippen LogP contribution < -0.4 is 0 Å². The molecule has 0 bridgehead atoms. The number of likely N-dealkylation sites (tertiary alicyclic amines) is 1. The van der Waals surface area contributed by atoms with Gasteiger partial charge in [0.25, 0.3) is 5.91 Å². The first-order chi connectivity index (χ1) is 19.6. The van der Waals surface area contributed by atoms with E-state index in [9.17, 15) is 14.4 Å². The molecule has 6 rings (SSSR count). The summed E-state index contributed by atoms with van der Waals surface area (Å²) >= 11 is 0. The molecule has 41 heavy (non-hydrogen) atoms. The highest BCUT2D eigenvalue weighted by atomic mass is 16.6. The second-order valence-electron chi connectivity index (χ2n) is 12.7. The summed E-state index contributed by atoms with van der Waals surface area (Å²) in [4.78, 5) is 40.4. The van der Waals surface area contributed by atoms with Gasteiger partial charge in [0.1, 0.15) is 11.7 Å². The number of ether oxygens (including phenoxy) is 3. The monoisotopic (exact) mass is 558 g/mol. The molecule has 8 heteroatoms. The van der Waals surface area contributed by atoms with E-state index in [1.165, 1.54) is 12.7 Å². The fourth-order valence-corrected chi connectivity index (χ4v) is 6.57. The third-order valence-electron chi connectivity index (χ3n) is 8.88. The predicted molar refractivity (Wildman–Crippen MR) is 155 cm³/mol. The molecule has 0 radical (unpaired) electrons. The SMILES string of the molecule is COC(=O)c1ccc2cc(-c3ccc(C4CC45CCN(C(=O)C4CCCO4)CC5)cc3)n(C(=O)OC(C)(C)C)c2c1. The van der Waals surface area contributed by atoms with E-state index in [4.69, 9.17) is 14.2 Å². The molecule has 1 amide bonds. The molecule has 2 unspecified atom stereocenters. The normalized spacial score (nSPS) is 21.7. The number of benzene rings is 2. The molecular weight excluding hydrogens is 520 g/mol. The smallest absolute Gasteiger partial charge is 0.419 e. The molecule has 2 aromatic carbocycles. The first kappa shape index (κ1) is 27.5. The van der Waals surface area contributed by atoms with Gasteiger partial charge in [-0.05, 0) is 93.5 Å².